The number of nitrogens with one attached hydrogen (secondary N) is 1. The molecule has 0 aromatic carbocycles. The van der Waals surface area contributed by atoms with Gasteiger partial charge in [-0.05, 0) is 38.3 Å². The van der Waals surface area contributed by atoms with Crippen LogP contribution in [0.15, 0.2) is 12.3 Å². The summed E-state index contributed by atoms with van der Waals surface area (Å²) in [5.41, 5.74) is 1.17. The van der Waals surface area contributed by atoms with Gasteiger partial charge in [-0.2, -0.15) is 5.10 Å². The number of aromatic nitrogens is 2. The van der Waals surface area contributed by atoms with Gasteiger partial charge >= 0.3 is 0 Å². The van der Waals surface area contributed by atoms with Crippen molar-refractivity contribution < 1.29 is 4.74 Å². The summed E-state index contributed by atoms with van der Waals surface area (Å²) >= 11 is 0. The third-order valence-electron chi connectivity index (χ3n) is 3.54. The van der Waals surface area contributed by atoms with E-state index in [1.165, 1.54) is 25.0 Å². The molecule has 18 heavy (non-hydrogen) atoms. The molecule has 2 unspecified atom stereocenters. The molecule has 1 fully saturated rings. The van der Waals surface area contributed by atoms with Crippen LogP contribution in [0, 0.1) is 0 Å². The van der Waals surface area contributed by atoms with Gasteiger partial charge in [0.2, 0.25) is 0 Å². The van der Waals surface area contributed by atoms with E-state index in [0.717, 1.165) is 26.0 Å². The summed E-state index contributed by atoms with van der Waals surface area (Å²) in [5.74, 6) is 0. The van der Waals surface area contributed by atoms with Crippen LogP contribution in [-0.4, -0.2) is 35.1 Å². The fraction of sp³-hybridized carbons (Fsp3) is 0.786. The van der Waals surface area contributed by atoms with E-state index in [2.05, 4.69) is 23.4 Å². The van der Waals surface area contributed by atoms with Gasteiger partial charge in [-0.15, -0.1) is 0 Å². The summed E-state index contributed by atoms with van der Waals surface area (Å²) in [4.78, 5) is 0. The molecule has 1 aliphatic rings. The van der Waals surface area contributed by atoms with Gasteiger partial charge in [0.05, 0.1) is 11.8 Å². The summed E-state index contributed by atoms with van der Waals surface area (Å²) in [7, 11) is 1.97. The maximum atomic E-state index is 5.83. The Bertz CT molecular complexity index is 345. The molecule has 1 aliphatic heterocycles. The van der Waals surface area contributed by atoms with Crippen molar-refractivity contribution in [1.29, 1.82) is 0 Å². The van der Waals surface area contributed by atoms with Gasteiger partial charge in [0.1, 0.15) is 0 Å². The molecule has 0 amide bonds. The highest BCUT2D eigenvalue weighted by molar-refractivity contribution is 5.01. The first-order chi connectivity index (χ1) is 8.78. The van der Waals surface area contributed by atoms with Crippen molar-refractivity contribution in [3.8, 4) is 0 Å². The number of hydrogen-bond donors (Lipinski definition) is 1. The van der Waals surface area contributed by atoms with Crippen molar-refractivity contribution in [2.24, 2.45) is 7.05 Å². The zero-order valence-electron chi connectivity index (χ0n) is 11.6. The van der Waals surface area contributed by atoms with E-state index in [1.54, 1.807) is 0 Å². The molecule has 2 heterocycles. The number of likely N-dealkylation sites (N-methyl/N-ethyl adjacent to an activating group) is 1. The lowest BCUT2D eigenvalue weighted by atomic mass is 9.99. The minimum absolute atomic E-state index is 0.437. The molecule has 4 nitrogen and oxygen atoms in total. The number of hydrogen-bond acceptors (Lipinski definition) is 3. The third-order valence-corrected chi connectivity index (χ3v) is 3.54. The standard InChI is InChI=1S/C14H25N3O/c1-3-15-13(10-12-7-8-17(2)16-12)11-14-6-4-5-9-18-14/h7-8,13-15H,3-6,9-11H2,1-2H3. The second-order valence-electron chi connectivity index (χ2n) is 5.16. The lowest BCUT2D eigenvalue weighted by molar-refractivity contribution is 0.00529. The minimum Gasteiger partial charge on any atom is -0.378 e. The molecular weight excluding hydrogens is 226 g/mol. The molecule has 0 radical (unpaired) electrons. The van der Waals surface area contributed by atoms with Crippen LogP contribution < -0.4 is 5.32 Å². The van der Waals surface area contributed by atoms with Crippen LogP contribution >= 0.6 is 0 Å². The van der Waals surface area contributed by atoms with Gasteiger partial charge in [0, 0.05) is 32.3 Å². The van der Waals surface area contributed by atoms with Gasteiger partial charge in [-0.25, -0.2) is 0 Å². The maximum absolute atomic E-state index is 5.83. The van der Waals surface area contributed by atoms with Crippen molar-refractivity contribution in [1.82, 2.24) is 15.1 Å². The maximum Gasteiger partial charge on any atom is 0.0640 e. The molecule has 1 aromatic rings. The summed E-state index contributed by atoms with van der Waals surface area (Å²) in [5, 5.41) is 8.02. The van der Waals surface area contributed by atoms with Crippen LogP contribution in [0.1, 0.15) is 38.3 Å². The highest BCUT2D eigenvalue weighted by Crippen LogP contribution is 2.18. The molecule has 0 saturated carbocycles. The molecular formula is C14H25N3O. The van der Waals surface area contributed by atoms with E-state index in [4.69, 9.17) is 4.74 Å². The molecule has 1 N–H and O–H groups in total. The Morgan fingerprint density at radius 3 is 3.06 bits per heavy atom. The molecule has 0 spiro atoms. The van der Waals surface area contributed by atoms with Crippen LogP contribution in [-0.2, 0) is 18.2 Å². The average molecular weight is 251 g/mol. The van der Waals surface area contributed by atoms with E-state index in [1.807, 2.05) is 17.9 Å². The van der Waals surface area contributed by atoms with Gasteiger partial charge in [0.25, 0.3) is 0 Å². The third kappa shape index (κ3) is 4.10. The summed E-state index contributed by atoms with van der Waals surface area (Å²) in [6.07, 6.45) is 8.29. The fourth-order valence-corrected chi connectivity index (χ4v) is 2.66. The van der Waals surface area contributed by atoms with Crippen molar-refractivity contribution in [3.05, 3.63) is 18.0 Å². The Balaban J connectivity index is 1.86. The van der Waals surface area contributed by atoms with E-state index in [9.17, 15) is 0 Å². The lowest BCUT2D eigenvalue weighted by Crippen LogP contribution is -2.36. The Morgan fingerprint density at radius 1 is 1.56 bits per heavy atom. The normalized spacial score (nSPS) is 22.0. The van der Waals surface area contributed by atoms with Gasteiger partial charge in [-0.1, -0.05) is 6.92 Å². The van der Waals surface area contributed by atoms with Crippen molar-refractivity contribution in [3.63, 3.8) is 0 Å². The predicted molar refractivity (Wildman–Crippen MR) is 72.6 cm³/mol. The Hall–Kier alpha value is -0.870. The van der Waals surface area contributed by atoms with Gasteiger partial charge in [0.15, 0.2) is 0 Å². The number of rotatable bonds is 6. The summed E-state index contributed by atoms with van der Waals surface area (Å²) in [6, 6.07) is 2.58. The highest BCUT2D eigenvalue weighted by Gasteiger charge is 2.19. The van der Waals surface area contributed by atoms with Crippen LogP contribution in [0.3, 0.4) is 0 Å². The summed E-state index contributed by atoms with van der Waals surface area (Å²) in [6.45, 7) is 4.10. The van der Waals surface area contributed by atoms with E-state index in [0.29, 0.717) is 12.1 Å². The topological polar surface area (TPSA) is 39.1 Å². The Labute approximate surface area is 110 Å². The first kappa shape index (κ1) is 13.6. The van der Waals surface area contributed by atoms with Crippen molar-refractivity contribution in [2.45, 2.75) is 51.2 Å². The zero-order chi connectivity index (χ0) is 12.8. The first-order valence-corrected chi connectivity index (χ1v) is 7.11. The van der Waals surface area contributed by atoms with Gasteiger partial charge in [-0.3, -0.25) is 4.68 Å². The monoisotopic (exact) mass is 251 g/mol. The molecule has 0 aliphatic carbocycles. The molecule has 2 atom stereocenters. The van der Waals surface area contributed by atoms with E-state index in [-0.39, 0.29) is 0 Å². The predicted octanol–water partition coefficient (Wildman–Crippen LogP) is 1.90. The fourth-order valence-electron chi connectivity index (χ4n) is 2.66. The van der Waals surface area contributed by atoms with Crippen LogP contribution in [0.25, 0.3) is 0 Å². The largest absolute Gasteiger partial charge is 0.378 e. The Morgan fingerprint density at radius 2 is 2.44 bits per heavy atom. The van der Waals surface area contributed by atoms with Crippen LogP contribution in [0.4, 0.5) is 0 Å². The SMILES string of the molecule is CCNC(Cc1ccn(C)n1)CC1CCCCO1. The minimum atomic E-state index is 0.437. The highest BCUT2D eigenvalue weighted by atomic mass is 16.5. The van der Waals surface area contributed by atoms with E-state index >= 15 is 0 Å². The summed E-state index contributed by atoms with van der Waals surface area (Å²) < 4.78 is 7.70. The smallest absolute Gasteiger partial charge is 0.0640 e. The molecule has 2 rings (SSSR count). The molecule has 102 valence electrons. The second kappa shape index (κ2) is 6.90. The average Bonchev–Trinajstić information content (AvgIpc) is 2.76. The van der Waals surface area contributed by atoms with Crippen molar-refractivity contribution in [2.75, 3.05) is 13.2 Å². The number of ether oxygens (including phenoxy) is 1. The first-order valence-electron chi connectivity index (χ1n) is 7.11. The molecule has 1 aromatic heterocycles. The number of aryl methyl sites for hydroxylation is 1. The lowest BCUT2D eigenvalue weighted by Gasteiger charge is -2.27. The Kier molecular flexibility index (Phi) is 5.20. The van der Waals surface area contributed by atoms with Crippen LogP contribution in [0.5, 0.6) is 0 Å². The zero-order valence-corrected chi connectivity index (χ0v) is 11.6. The van der Waals surface area contributed by atoms with Crippen LogP contribution in [0.2, 0.25) is 0 Å². The van der Waals surface area contributed by atoms with Gasteiger partial charge < -0.3 is 10.1 Å². The number of nitrogens with zero attached hydrogens (tertiary/aromatic N) is 2. The molecule has 1 saturated heterocycles. The second-order valence-corrected chi connectivity index (χ2v) is 5.16. The van der Waals surface area contributed by atoms with Crippen molar-refractivity contribution >= 4 is 0 Å². The molecule has 0 bridgehead atoms. The van der Waals surface area contributed by atoms with E-state index < -0.39 is 0 Å². The quantitative estimate of drug-likeness (QED) is 0.839. The molecule has 4 heteroatoms.